The molecule has 0 radical (unpaired) electrons. The molecule has 0 spiro atoms. The van der Waals surface area contributed by atoms with Gasteiger partial charge in [0.2, 0.25) is 0 Å². The molecule has 3 aromatic rings. The van der Waals surface area contributed by atoms with Crippen LogP contribution in [0.25, 0.3) is 22.0 Å². The minimum Gasteiger partial charge on any atom is -0.465 e. The minimum atomic E-state index is -0.961. The predicted octanol–water partition coefficient (Wildman–Crippen LogP) is 4.50. The van der Waals surface area contributed by atoms with Crippen LogP contribution in [0, 0.1) is 5.92 Å². The zero-order valence-electron chi connectivity index (χ0n) is 15.5. The van der Waals surface area contributed by atoms with Crippen LogP contribution in [0.3, 0.4) is 0 Å². The van der Waals surface area contributed by atoms with E-state index < -0.39 is 6.09 Å². The van der Waals surface area contributed by atoms with E-state index in [2.05, 4.69) is 45.6 Å². The van der Waals surface area contributed by atoms with E-state index in [9.17, 15) is 4.79 Å². The van der Waals surface area contributed by atoms with Gasteiger partial charge in [-0.2, -0.15) is 4.98 Å². The first kappa shape index (κ1) is 18.2. The lowest BCUT2D eigenvalue weighted by atomic mass is 9.87. The standard InChI is InChI=1S/C22H23N3O3/c26-22(27)24-14-15-5-9-19(10-6-15)28-21-23-12-11-20(25-21)18-8-7-16-3-1-2-4-17(16)13-18/h1-4,7-8,11-13,15,19,24H,5-6,9-10,14H2,(H,26,27). The molecule has 144 valence electrons. The molecule has 1 heterocycles. The summed E-state index contributed by atoms with van der Waals surface area (Å²) in [5, 5.41) is 13.6. The first-order valence-corrected chi connectivity index (χ1v) is 9.63. The normalized spacial score (nSPS) is 19.3. The van der Waals surface area contributed by atoms with Crippen molar-refractivity contribution < 1.29 is 14.6 Å². The second-order valence-electron chi connectivity index (χ2n) is 7.23. The van der Waals surface area contributed by atoms with Gasteiger partial charge in [0.15, 0.2) is 0 Å². The highest BCUT2D eigenvalue weighted by Crippen LogP contribution is 2.28. The van der Waals surface area contributed by atoms with E-state index >= 15 is 0 Å². The Morgan fingerprint density at radius 2 is 1.86 bits per heavy atom. The average Bonchev–Trinajstić information content (AvgIpc) is 2.73. The van der Waals surface area contributed by atoms with Crippen LogP contribution in [0.5, 0.6) is 6.01 Å². The van der Waals surface area contributed by atoms with Gasteiger partial charge in [0.1, 0.15) is 6.10 Å². The topological polar surface area (TPSA) is 84.3 Å². The van der Waals surface area contributed by atoms with Gasteiger partial charge in [0.25, 0.3) is 0 Å². The summed E-state index contributed by atoms with van der Waals surface area (Å²) in [6.07, 6.45) is 4.50. The van der Waals surface area contributed by atoms with Gasteiger partial charge in [-0.15, -0.1) is 0 Å². The molecule has 1 amide bonds. The third kappa shape index (κ3) is 4.39. The van der Waals surface area contributed by atoms with Gasteiger partial charge in [-0.3, -0.25) is 0 Å². The molecule has 1 aliphatic rings. The Balaban J connectivity index is 1.41. The monoisotopic (exact) mass is 377 g/mol. The van der Waals surface area contributed by atoms with Crippen LogP contribution in [0.1, 0.15) is 25.7 Å². The Morgan fingerprint density at radius 3 is 2.64 bits per heavy atom. The summed E-state index contributed by atoms with van der Waals surface area (Å²) in [5.41, 5.74) is 1.88. The van der Waals surface area contributed by atoms with Gasteiger partial charge < -0.3 is 15.2 Å². The number of amides is 1. The van der Waals surface area contributed by atoms with E-state index in [0.717, 1.165) is 36.9 Å². The molecule has 6 heteroatoms. The van der Waals surface area contributed by atoms with Crippen LogP contribution in [0.15, 0.2) is 54.7 Å². The van der Waals surface area contributed by atoms with E-state index in [1.165, 1.54) is 10.8 Å². The van der Waals surface area contributed by atoms with Crippen LogP contribution < -0.4 is 10.1 Å². The summed E-state index contributed by atoms with van der Waals surface area (Å²) in [5.74, 6) is 0.376. The van der Waals surface area contributed by atoms with Crippen LogP contribution in [0.2, 0.25) is 0 Å². The van der Waals surface area contributed by atoms with Crippen molar-refractivity contribution in [2.45, 2.75) is 31.8 Å². The third-order valence-electron chi connectivity index (χ3n) is 5.29. The van der Waals surface area contributed by atoms with Crippen molar-refractivity contribution in [2.24, 2.45) is 5.92 Å². The SMILES string of the molecule is O=C(O)NCC1CCC(Oc2nccc(-c3ccc4ccccc4c3)n2)CC1. The number of benzene rings is 2. The lowest BCUT2D eigenvalue weighted by Crippen LogP contribution is -2.32. The van der Waals surface area contributed by atoms with E-state index in [0.29, 0.717) is 18.5 Å². The summed E-state index contributed by atoms with van der Waals surface area (Å²) < 4.78 is 6.02. The highest BCUT2D eigenvalue weighted by Gasteiger charge is 2.23. The maximum atomic E-state index is 10.6. The fraction of sp³-hybridized carbons (Fsp3) is 0.318. The molecular formula is C22H23N3O3. The van der Waals surface area contributed by atoms with E-state index in [1.807, 2.05) is 18.2 Å². The maximum absolute atomic E-state index is 10.6. The molecule has 6 nitrogen and oxygen atoms in total. The number of hydrogen-bond acceptors (Lipinski definition) is 4. The molecule has 4 rings (SSSR count). The van der Waals surface area contributed by atoms with Crippen LogP contribution in [-0.2, 0) is 0 Å². The van der Waals surface area contributed by atoms with Crippen molar-refractivity contribution in [3.8, 4) is 17.3 Å². The van der Waals surface area contributed by atoms with Gasteiger partial charge in [0.05, 0.1) is 5.69 Å². The molecular weight excluding hydrogens is 354 g/mol. The van der Waals surface area contributed by atoms with Gasteiger partial charge in [-0.25, -0.2) is 9.78 Å². The first-order valence-electron chi connectivity index (χ1n) is 9.63. The predicted molar refractivity (Wildman–Crippen MR) is 107 cm³/mol. The largest absolute Gasteiger partial charge is 0.465 e. The molecule has 0 saturated heterocycles. The van der Waals surface area contributed by atoms with Crippen molar-refractivity contribution in [3.05, 3.63) is 54.7 Å². The molecule has 1 saturated carbocycles. The molecule has 2 N–H and O–H groups in total. The Labute approximate surface area is 163 Å². The zero-order valence-corrected chi connectivity index (χ0v) is 15.5. The van der Waals surface area contributed by atoms with Crippen LogP contribution in [-0.4, -0.2) is 33.8 Å². The van der Waals surface area contributed by atoms with E-state index in [4.69, 9.17) is 9.84 Å². The van der Waals surface area contributed by atoms with Gasteiger partial charge in [-0.1, -0.05) is 36.4 Å². The third-order valence-corrected chi connectivity index (χ3v) is 5.29. The van der Waals surface area contributed by atoms with Crippen molar-refractivity contribution in [1.29, 1.82) is 0 Å². The average molecular weight is 377 g/mol. The smallest absolute Gasteiger partial charge is 0.404 e. The van der Waals surface area contributed by atoms with Crippen molar-refractivity contribution in [2.75, 3.05) is 6.54 Å². The Morgan fingerprint density at radius 1 is 1.07 bits per heavy atom. The Kier molecular flexibility index (Phi) is 5.37. The number of fused-ring (bicyclic) bond motifs is 1. The zero-order chi connectivity index (χ0) is 19.3. The minimum absolute atomic E-state index is 0.0768. The van der Waals surface area contributed by atoms with Gasteiger partial charge in [0, 0.05) is 18.3 Å². The number of carbonyl (C=O) groups is 1. The number of rotatable bonds is 5. The fourth-order valence-corrected chi connectivity index (χ4v) is 3.74. The molecule has 0 aliphatic heterocycles. The van der Waals surface area contributed by atoms with E-state index in [-0.39, 0.29) is 6.10 Å². The molecule has 0 unspecified atom stereocenters. The summed E-state index contributed by atoms with van der Waals surface area (Å²) >= 11 is 0. The first-order chi connectivity index (χ1) is 13.7. The molecule has 2 aromatic carbocycles. The number of nitrogens with one attached hydrogen (secondary N) is 1. The maximum Gasteiger partial charge on any atom is 0.404 e. The number of hydrogen-bond donors (Lipinski definition) is 2. The number of aromatic nitrogens is 2. The van der Waals surface area contributed by atoms with Gasteiger partial charge >= 0.3 is 12.1 Å². The fourth-order valence-electron chi connectivity index (χ4n) is 3.74. The second-order valence-corrected chi connectivity index (χ2v) is 7.23. The van der Waals surface area contributed by atoms with Crippen molar-refractivity contribution in [1.82, 2.24) is 15.3 Å². The van der Waals surface area contributed by atoms with E-state index in [1.54, 1.807) is 6.20 Å². The molecule has 1 aliphatic carbocycles. The lowest BCUT2D eigenvalue weighted by molar-refractivity contribution is 0.119. The molecule has 0 atom stereocenters. The highest BCUT2D eigenvalue weighted by molar-refractivity contribution is 5.86. The number of carboxylic acid groups (broad SMARTS) is 1. The van der Waals surface area contributed by atoms with Crippen molar-refractivity contribution >= 4 is 16.9 Å². The summed E-state index contributed by atoms with van der Waals surface area (Å²) in [7, 11) is 0. The number of nitrogens with zero attached hydrogens (tertiary/aromatic N) is 2. The quantitative estimate of drug-likeness (QED) is 0.684. The molecule has 1 fully saturated rings. The van der Waals surface area contributed by atoms with Crippen LogP contribution >= 0.6 is 0 Å². The van der Waals surface area contributed by atoms with Crippen molar-refractivity contribution in [3.63, 3.8) is 0 Å². The number of ether oxygens (including phenoxy) is 1. The molecule has 1 aromatic heterocycles. The van der Waals surface area contributed by atoms with Gasteiger partial charge in [-0.05, 0) is 54.5 Å². The highest BCUT2D eigenvalue weighted by atomic mass is 16.5. The Bertz CT molecular complexity index is 968. The molecule has 0 bridgehead atoms. The Hall–Kier alpha value is -3.15. The summed E-state index contributed by atoms with van der Waals surface area (Å²) in [6.45, 7) is 0.510. The lowest BCUT2D eigenvalue weighted by Gasteiger charge is -2.28. The summed E-state index contributed by atoms with van der Waals surface area (Å²) in [6, 6.07) is 16.8. The second kappa shape index (κ2) is 8.25. The molecule has 28 heavy (non-hydrogen) atoms. The summed E-state index contributed by atoms with van der Waals surface area (Å²) in [4.78, 5) is 19.5. The van der Waals surface area contributed by atoms with Crippen LogP contribution in [0.4, 0.5) is 4.79 Å².